The van der Waals surface area contributed by atoms with Crippen LogP contribution < -0.4 is 13.9 Å². The van der Waals surface area contributed by atoms with Crippen molar-refractivity contribution < 1.29 is 21.6 Å². The molecule has 2 aromatic rings. The van der Waals surface area contributed by atoms with E-state index < -0.39 is 32.0 Å². The fourth-order valence-electron chi connectivity index (χ4n) is 2.79. The Morgan fingerprint density at radius 3 is 2.07 bits per heavy atom. The van der Waals surface area contributed by atoms with Gasteiger partial charge in [-0.05, 0) is 49.7 Å². The predicted molar refractivity (Wildman–Crippen MR) is 116 cm³/mol. The summed E-state index contributed by atoms with van der Waals surface area (Å²) in [6.07, 6.45) is 2.12. The third-order valence-electron chi connectivity index (χ3n) is 4.32. The highest BCUT2D eigenvalue weighted by Crippen LogP contribution is 2.24. The number of benzene rings is 2. The van der Waals surface area contributed by atoms with Crippen molar-refractivity contribution in [2.75, 3.05) is 33.5 Å². The second-order valence-electron chi connectivity index (χ2n) is 6.84. The van der Waals surface area contributed by atoms with Crippen LogP contribution in [-0.4, -0.2) is 48.3 Å². The second-order valence-corrected chi connectivity index (χ2v) is 10.7. The Hall–Kier alpha value is -2.59. The summed E-state index contributed by atoms with van der Waals surface area (Å²) >= 11 is 0. The minimum atomic E-state index is -3.73. The van der Waals surface area contributed by atoms with E-state index in [1.165, 1.54) is 20.0 Å². The summed E-state index contributed by atoms with van der Waals surface area (Å²) in [7, 11) is -5.78. The third-order valence-corrected chi connectivity index (χ3v) is 6.77. The molecule has 0 unspecified atom stereocenters. The molecule has 0 heterocycles. The van der Waals surface area contributed by atoms with Crippen molar-refractivity contribution in [2.24, 2.45) is 0 Å². The Kier molecular flexibility index (Phi) is 6.59. The summed E-state index contributed by atoms with van der Waals surface area (Å²) in [5.74, 6) is -0.545. The third kappa shape index (κ3) is 5.70. The molecule has 0 saturated heterocycles. The molecule has 0 fully saturated rings. The van der Waals surface area contributed by atoms with Crippen molar-refractivity contribution in [1.82, 2.24) is 0 Å². The molecule has 29 heavy (non-hydrogen) atoms. The number of carbonyl (C=O) groups excluding carboxylic acids is 1. The first-order chi connectivity index (χ1) is 13.3. The fraction of sp³-hybridized carbons (Fsp3) is 0.316. The van der Waals surface area contributed by atoms with Gasteiger partial charge >= 0.3 is 0 Å². The number of sulfonamides is 2. The quantitative estimate of drug-likeness (QED) is 0.712. The molecular formula is C19H25N3O5S2. The van der Waals surface area contributed by atoms with Crippen molar-refractivity contribution in [1.29, 1.82) is 0 Å². The fourth-order valence-corrected chi connectivity index (χ4v) is 4.45. The van der Waals surface area contributed by atoms with Crippen LogP contribution in [0, 0.1) is 6.92 Å². The van der Waals surface area contributed by atoms with Gasteiger partial charge in [-0.1, -0.05) is 18.2 Å². The van der Waals surface area contributed by atoms with E-state index in [4.69, 9.17) is 0 Å². The Labute approximate surface area is 172 Å². The minimum absolute atomic E-state index is 0.354. The lowest BCUT2D eigenvalue weighted by atomic mass is 10.2. The first kappa shape index (κ1) is 22.7. The van der Waals surface area contributed by atoms with Gasteiger partial charge in [-0.25, -0.2) is 16.8 Å². The minimum Gasteiger partial charge on any atom is -0.324 e. The molecule has 0 aromatic heterocycles. The largest absolute Gasteiger partial charge is 0.324 e. The van der Waals surface area contributed by atoms with E-state index in [1.54, 1.807) is 36.4 Å². The molecule has 0 aliphatic rings. The highest BCUT2D eigenvalue weighted by atomic mass is 32.2. The summed E-state index contributed by atoms with van der Waals surface area (Å²) in [6.45, 7) is 3.32. The zero-order valence-corrected chi connectivity index (χ0v) is 18.6. The average Bonchev–Trinajstić information content (AvgIpc) is 2.59. The lowest BCUT2D eigenvalue weighted by Gasteiger charge is -2.28. The van der Waals surface area contributed by atoms with Crippen LogP contribution in [0.25, 0.3) is 0 Å². The molecule has 10 heteroatoms. The molecule has 2 rings (SSSR count). The SMILES string of the molecule is Cc1cccc(N([C@H](C)C(=O)Nc2cccc(N(C)S(C)(=O)=O)c2)S(C)(=O)=O)c1. The normalized spacial score (nSPS) is 12.9. The van der Waals surface area contributed by atoms with Gasteiger partial charge in [0.2, 0.25) is 26.0 Å². The van der Waals surface area contributed by atoms with Gasteiger partial charge in [0.1, 0.15) is 6.04 Å². The zero-order chi connectivity index (χ0) is 22.0. The second kappa shape index (κ2) is 8.42. The van der Waals surface area contributed by atoms with E-state index in [0.717, 1.165) is 26.7 Å². The predicted octanol–water partition coefficient (Wildman–Crippen LogP) is 2.18. The van der Waals surface area contributed by atoms with E-state index in [-0.39, 0.29) is 0 Å². The van der Waals surface area contributed by atoms with Gasteiger partial charge in [0, 0.05) is 12.7 Å². The summed E-state index contributed by atoms with van der Waals surface area (Å²) in [5, 5.41) is 2.66. The maximum atomic E-state index is 12.8. The van der Waals surface area contributed by atoms with Gasteiger partial charge in [-0.3, -0.25) is 13.4 Å². The van der Waals surface area contributed by atoms with Gasteiger partial charge in [-0.15, -0.1) is 0 Å². The van der Waals surface area contributed by atoms with E-state index >= 15 is 0 Å². The number of nitrogens with one attached hydrogen (secondary N) is 1. The van der Waals surface area contributed by atoms with Crippen LogP contribution in [0.15, 0.2) is 48.5 Å². The molecule has 2 aromatic carbocycles. The average molecular weight is 440 g/mol. The number of anilines is 3. The number of nitrogens with zero attached hydrogens (tertiary/aromatic N) is 2. The van der Waals surface area contributed by atoms with Crippen molar-refractivity contribution in [3.8, 4) is 0 Å². The standard InChI is InChI=1S/C19H25N3O5S2/c1-14-8-6-11-18(12-14)22(29(5,26)27)15(2)19(23)20-16-9-7-10-17(13-16)21(3)28(4,24)25/h6-13,15H,1-5H3,(H,20,23)/t15-/m1/s1. The first-order valence-electron chi connectivity index (χ1n) is 8.71. The van der Waals surface area contributed by atoms with Gasteiger partial charge < -0.3 is 5.32 Å². The maximum Gasteiger partial charge on any atom is 0.247 e. The maximum absolute atomic E-state index is 12.8. The molecule has 0 aliphatic carbocycles. The van der Waals surface area contributed by atoms with Crippen molar-refractivity contribution in [2.45, 2.75) is 19.9 Å². The first-order valence-corrected chi connectivity index (χ1v) is 12.4. The van der Waals surface area contributed by atoms with Gasteiger partial charge in [0.25, 0.3) is 0 Å². The molecule has 1 amide bonds. The lowest BCUT2D eigenvalue weighted by molar-refractivity contribution is -0.116. The van der Waals surface area contributed by atoms with E-state index in [1.807, 2.05) is 13.0 Å². The Morgan fingerprint density at radius 1 is 0.931 bits per heavy atom. The van der Waals surface area contributed by atoms with Gasteiger partial charge in [-0.2, -0.15) is 0 Å². The summed E-state index contributed by atoms with van der Waals surface area (Å²) in [4.78, 5) is 12.8. The molecule has 8 nitrogen and oxygen atoms in total. The van der Waals surface area contributed by atoms with Crippen LogP contribution in [-0.2, 0) is 24.8 Å². The molecule has 158 valence electrons. The monoisotopic (exact) mass is 439 g/mol. The number of aryl methyl sites for hydroxylation is 1. The molecule has 0 bridgehead atoms. The van der Waals surface area contributed by atoms with Crippen LogP contribution >= 0.6 is 0 Å². The van der Waals surface area contributed by atoms with Crippen LogP contribution in [0.3, 0.4) is 0 Å². The highest BCUT2D eigenvalue weighted by Gasteiger charge is 2.29. The summed E-state index contributed by atoms with van der Waals surface area (Å²) in [5.41, 5.74) is 1.98. The molecule has 1 atom stereocenters. The number of hydrogen-bond donors (Lipinski definition) is 1. The lowest BCUT2D eigenvalue weighted by Crippen LogP contribution is -2.45. The van der Waals surface area contributed by atoms with Gasteiger partial charge in [0.15, 0.2) is 0 Å². The van der Waals surface area contributed by atoms with Crippen LogP contribution in [0.4, 0.5) is 17.1 Å². The summed E-state index contributed by atoms with van der Waals surface area (Å²) in [6, 6.07) is 12.1. The number of rotatable bonds is 7. The molecule has 0 spiro atoms. The summed E-state index contributed by atoms with van der Waals surface area (Å²) < 4.78 is 50.3. The van der Waals surface area contributed by atoms with Crippen molar-refractivity contribution in [3.05, 3.63) is 54.1 Å². The Bertz CT molecular complexity index is 1110. The van der Waals surface area contributed by atoms with Crippen LogP contribution in [0.2, 0.25) is 0 Å². The van der Waals surface area contributed by atoms with Crippen LogP contribution in [0.5, 0.6) is 0 Å². The Balaban J connectivity index is 2.31. The topological polar surface area (TPSA) is 104 Å². The highest BCUT2D eigenvalue weighted by molar-refractivity contribution is 7.92. The molecule has 0 aliphatic heterocycles. The molecule has 0 radical (unpaired) electrons. The van der Waals surface area contributed by atoms with Gasteiger partial charge in [0.05, 0.1) is 23.9 Å². The van der Waals surface area contributed by atoms with E-state index in [2.05, 4.69) is 5.32 Å². The zero-order valence-electron chi connectivity index (χ0n) is 16.9. The number of hydrogen-bond acceptors (Lipinski definition) is 5. The van der Waals surface area contributed by atoms with E-state index in [0.29, 0.717) is 17.1 Å². The Morgan fingerprint density at radius 2 is 1.52 bits per heavy atom. The number of carbonyl (C=O) groups is 1. The van der Waals surface area contributed by atoms with Crippen molar-refractivity contribution in [3.63, 3.8) is 0 Å². The smallest absolute Gasteiger partial charge is 0.247 e. The van der Waals surface area contributed by atoms with E-state index in [9.17, 15) is 21.6 Å². The molecule has 1 N–H and O–H groups in total. The molecule has 0 saturated carbocycles. The van der Waals surface area contributed by atoms with Crippen LogP contribution in [0.1, 0.15) is 12.5 Å². The number of amides is 1. The van der Waals surface area contributed by atoms with Crippen molar-refractivity contribution >= 4 is 43.0 Å². The molecular weight excluding hydrogens is 414 g/mol.